The Balaban J connectivity index is 1.68. The van der Waals surface area contributed by atoms with Crippen molar-refractivity contribution in [3.05, 3.63) is 57.9 Å². The van der Waals surface area contributed by atoms with Crippen LogP contribution >= 0.6 is 11.6 Å². The SMILES string of the molecule is COc1ccc(-c2noc(Cn3c(=O)oc4cc(Cl)ccc43)n2)c(OC)c1. The van der Waals surface area contributed by atoms with E-state index in [0.29, 0.717) is 39.0 Å². The number of halogens is 1. The zero-order valence-electron chi connectivity index (χ0n) is 14.4. The molecule has 138 valence electrons. The van der Waals surface area contributed by atoms with Crippen LogP contribution in [0.15, 0.2) is 50.1 Å². The van der Waals surface area contributed by atoms with Gasteiger partial charge in [-0.05, 0) is 24.3 Å². The van der Waals surface area contributed by atoms with Gasteiger partial charge in [0.2, 0.25) is 11.7 Å². The van der Waals surface area contributed by atoms with E-state index in [-0.39, 0.29) is 12.4 Å². The standard InChI is InChI=1S/C18H14ClN3O5/c1-24-11-4-5-12(14(8-11)25-2)17-20-16(27-21-17)9-22-13-6-3-10(19)7-15(13)26-18(22)23/h3-8H,9H2,1-2H3. The minimum Gasteiger partial charge on any atom is -0.497 e. The van der Waals surface area contributed by atoms with Gasteiger partial charge in [-0.2, -0.15) is 4.98 Å². The average Bonchev–Trinajstić information content (AvgIpc) is 3.25. The van der Waals surface area contributed by atoms with Crippen molar-refractivity contribution in [3.8, 4) is 22.9 Å². The third-order valence-electron chi connectivity index (χ3n) is 4.04. The van der Waals surface area contributed by atoms with E-state index in [9.17, 15) is 4.79 Å². The molecular weight excluding hydrogens is 374 g/mol. The number of fused-ring (bicyclic) bond motifs is 1. The van der Waals surface area contributed by atoms with E-state index in [1.807, 2.05) is 0 Å². The molecule has 0 amide bonds. The summed E-state index contributed by atoms with van der Waals surface area (Å²) < 4.78 is 22.4. The van der Waals surface area contributed by atoms with E-state index in [0.717, 1.165) is 0 Å². The largest absolute Gasteiger partial charge is 0.497 e. The van der Waals surface area contributed by atoms with Gasteiger partial charge in [-0.25, -0.2) is 4.79 Å². The molecule has 0 aliphatic carbocycles. The number of rotatable bonds is 5. The van der Waals surface area contributed by atoms with Crippen LogP contribution in [0.2, 0.25) is 5.02 Å². The predicted octanol–water partition coefficient (Wildman–Crippen LogP) is 3.36. The van der Waals surface area contributed by atoms with Crippen LogP contribution in [0.3, 0.4) is 0 Å². The van der Waals surface area contributed by atoms with E-state index < -0.39 is 5.76 Å². The molecule has 4 rings (SSSR count). The van der Waals surface area contributed by atoms with Crippen molar-refractivity contribution in [1.82, 2.24) is 14.7 Å². The Labute approximate surface area is 157 Å². The van der Waals surface area contributed by atoms with Gasteiger partial charge in [-0.3, -0.25) is 4.57 Å². The highest BCUT2D eigenvalue weighted by Crippen LogP contribution is 2.31. The fourth-order valence-electron chi connectivity index (χ4n) is 2.74. The highest BCUT2D eigenvalue weighted by atomic mass is 35.5. The molecular formula is C18H14ClN3O5. The van der Waals surface area contributed by atoms with Crippen molar-refractivity contribution in [2.45, 2.75) is 6.54 Å². The third kappa shape index (κ3) is 3.15. The fraction of sp³-hybridized carbons (Fsp3) is 0.167. The molecule has 0 spiro atoms. The fourth-order valence-corrected chi connectivity index (χ4v) is 2.90. The second-order valence-corrected chi connectivity index (χ2v) is 6.08. The molecule has 4 aromatic rings. The Hall–Kier alpha value is -3.26. The highest BCUT2D eigenvalue weighted by Gasteiger charge is 2.17. The molecule has 0 saturated heterocycles. The molecule has 0 bridgehead atoms. The molecule has 0 unspecified atom stereocenters. The molecule has 0 atom stereocenters. The number of oxazole rings is 1. The second kappa shape index (κ2) is 6.81. The van der Waals surface area contributed by atoms with Crippen LogP contribution in [0.4, 0.5) is 0 Å². The molecule has 0 saturated carbocycles. The Morgan fingerprint density at radius 3 is 2.78 bits per heavy atom. The number of benzene rings is 2. The van der Waals surface area contributed by atoms with Crippen molar-refractivity contribution >= 4 is 22.7 Å². The van der Waals surface area contributed by atoms with Crippen LogP contribution in [0.1, 0.15) is 5.89 Å². The first-order valence-corrected chi connectivity index (χ1v) is 8.30. The van der Waals surface area contributed by atoms with Crippen molar-refractivity contribution < 1.29 is 18.4 Å². The molecule has 0 fully saturated rings. The predicted molar refractivity (Wildman–Crippen MR) is 97.4 cm³/mol. The minimum absolute atomic E-state index is 0.0684. The first-order chi connectivity index (χ1) is 13.1. The summed E-state index contributed by atoms with van der Waals surface area (Å²) in [5.41, 5.74) is 1.62. The Bertz CT molecular complexity index is 1180. The van der Waals surface area contributed by atoms with Crippen molar-refractivity contribution in [2.75, 3.05) is 14.2 Å². The summed E-state index contributed by atoms with van der Waals surface area (Å²) in [6.07, 6.45) is 0. The summed E-state index contributed by atoms with van der Waals surface area (Å²) in [4.78, 5) is 16.5. The Kier molecular flexibility index (Phi) is 4.33. The number of nitrogens with zero attached hydrogens (tertiary/aromatic N) is 3. The average molecular weight is 388 g/mol. The Morgan fingerprint density at radius 1 is 1.15 bits per heavy atom. The minimum atomic E-state index is -0.533. The van der Waals surface area contributed by atoms with E-state index in [2.05, 4.69) is 10.1 Å². The van der Waals surface area contributed by atoms with E-state index in [4.69, 9.17) is 30.0 Å². The van der Waals surface area contributed by atoms with Gasteiger partial charge in [0, 0.05) is 17.2 Å². The number of ether oxygens (including phenoxy) is 2. The van der Waals surface area contributed by atoms with Crippen molar-refractivity contribution in [1.29, 1.82) is 0 Å². The number of aromatic nitrogens is 3. The van der Waals surface area contributed by atoms with Gasteiger partial charge >= 0.3 is 5.76 Å². The number of hydrogen-bond donors (Lipinski definition) is 0. The zero-order valence-corrected chi connectivity index (χ0v) is 15.2. The first-order valence-electron chi connectivity index (χ1n) is 7.93. The molecule has 2 heterocycles. The summed E-state index contributed by atoms with van der Waals surface area (Å²) >= 11 is 5.93. The maximum Gasteiger partial charge on any atom is 0.420 e. The van der Waals surface area contributed by atoms with E-state index in [1.165, 1.54) is 4.57 Å². The van der Waals surface area contributed by atoms with Gasteiger partial charge in [0.15, 0.2) is 5.58 Å². The monoisotopic (exact) mass is 387 g/mol. The van der Waals surface area contributed by atoms with Gasteiger partial charge in [-0.15, -0.1) is 0 Å². The highest BCUT2D eigenvalue weighted by molar-refractivity contribution is 6.31. The first kappa shape index (κ1) is 17.2. The topological polar surface area (TPSA) is 92.5 Å². The molecule has 8 nitrogen and oxygen atoms in total. The lowest BCUT2D eigenvalue weighted by molar-refractivity contribution is 0.366. The van der Waals surface area contributed by atoms with E-state index >= 15 is 0 Å². The summed E-state index contributed by atoms with van der Waals surface area (Å²) in [7, 11) is 3.11. The molecule has 0 N–H and O–H groups in total. The van der Waals surface area contributed by atoms with Gasteiger partial charge in [0.05, 0.1) is 25.3 Å². The summed E-state index contributed by atoms with van der Waals surface area (Å²) in [5, 5.41) is 4.46. The smallest absolute Gasteiger partial charge is 0.420 e. The van der Waals surface area contributed by atoms with Crippen LogP contribution in [0.5, 0.6) is 11.5 Å². The van der Waals surface area contributed by atoms with Crippen LogP contribution < -0.4 is 15.2 Å². The lowest BCUT2D eigenvalue weighted by Crippen LogP contribution is -2.15. The molecule has 2 aromatic carbocycles. The second-order valence-electron chi connectivity index (χ2n) is 5.64. The van der Waals surface area contributed by atoms with Crippen LogP contribution in [-0.2, 0) is 6.54 Å². The normalized spacial score (nSPS) is 11.1. The van der Waals surface area contributed by atoms with Gasteiger partial charge in [-0.1, -0.05) is 16.8 Å². The Morgan fingerprint density at radius 2 is 2.00 bits per heavy atom. The number of hydrogen-bond acceptors (Lipinski definition) is 7. The van der Waals surface area contributed by atoms with E-state index in [1.54, 1.807) is 50.6 Å². The zero-order chi connectivity index (χ0) is 19.0. The molecule has 0 radical (unpaired) electrons. The summed E-state index contributed by atoms with van der Waals surface area (Å²) in [6, 6.07) is 10.2. The van der Waals surface area contributed by atoms with Gasteiger partial charge in [0.25, 0.3) is 0 Å². The van der Waals surface area contributed by atoms with Gasteiger partial charge in [0.1, 0.15) is 18.0 Å². The van der Waals surface area contributed by atoms with Crippen LogP contribution in [0, 0.1) is 0 Å². The van der Waals surface area contributed by atoms with Crippen LogP contribution in [-0.4, -0.2) is 28.9 Å². The molecule has 0 aliphatic rings. The lowest BCUT2D eigenvalue weighted by atomic mass is 10.2. The van der Waals surface area contributed by atoms with Gasteiger partial charge < -0.3 is 18.4 Å². The molecule has 2 aromatic heterocycles. The third-order valence-corrected chi connectivity index (χ3v) is 4.28. The molecule has 27 heavy (non-hydrogen) atoms. The summed E-state index contributed by atoms with van der Waals surface area (Å²) in [5.74, 6) is 1.25. The van der Waals surface area contributed by atoms with Crippen molar-refractivity contribution in [2.24, 2.45) is 0 Å². The summed E-state index contributed by atoms with van der Waals surface area (Å²) in [6.45, 7) is 0.0684. The van der Waals surface area contributed by atoms with Crippen molar-refractivity contribution in [3.63, 3.8) is 0 Å². The quantitative estimate of drug-likeness (QED) is 0.518. The lowest BCUT2D eigenvalue weighted by Gasteiger charge is -2.07. The molecule has 0 aliphatic heterocycles. The molecule has 9 heteroatoms. The number of methoxy groups -OCH3 is 2. The maximum absolute atomic E-state index is 12.1. The van der Waals surface area contributed by atoms with Crippen LogP contribution in [0.25, 0.3) is 22.5 Å². The maximum atomic E-state index is 12.1.